The van der Waals surface area contributed by atoms with Gasteiger partial charge in [-0.3, -0.25) is 9.59 Å². The average molecular weight is 546 g/mol. The molecule has 3 heterocycles. The number of hydrogen-bond donors (Lipinski definition) is 4. The van der Waals surface area contributed by atoms with Crippen molar-refractivity contribution in [2.24, 2.45) is 0 Å². The van der Waals surface area contributed by atoms with Crippen molar-refractivity contribution in [2.45, 2.75) is 31.5 Å². The minimum absolute atomic E-state index is 0.196. The SMILES string of the molecule is COc1ccccc1C(=O)NCc1ccc(-c2nn(C3CCCN(C(=O)C(O)CO)C3)c3ncnc(N)c23)cc1. The van der Waals surface area contributed by atoms with Crippen LogP contribution in [0.1, 0.15) is 34.8 Å². The number of rotatable bonds is 8. The third-order valence-electron chi connectivity index (χ3n) is 7.06. The van der Waals surface area contributed by atoms with Crippen LogP contribution in [0.5, 0.6) is 5.75 Å². The molecule has 0 bridgehead atoms. The molecule has 4 aromatic rings. The number of aliphatic hydroxyl groups is 2. The van der Waals surface area contributed by atoms with E-state index in [2.05, 4.69) is 15.3 Å². The molecule has 2 atom stereocenters. The molecule has 0 aliphatic carbocycles. The molecule has 1 saturated heterocycles. The maximum absolute atomic E-state index is 12.7. The molecule has 2 unspecified atom stereocenters. The van der Waals surface area contributed by atoms with E-state index in [-0.39, 0.29) is 11.9 Å². The highest BCUT2D eigenvalue weighted by Gasteiger charge is 2.31. The zero-order valence-electron chi connectivity index (χ0n) is 22.0. The number of nitrogens with one attached hydrogen (secondary N) is 1. The molecule has 1 aliphatic rings. The lowest BCUT2D eigenvalue weighted by atomic mass is 10.0. The highest BCUT2D eigenvalue weighted by Crippen LogP contribution is 2.34. The first-order valence-corrected chi connectivity index (χ1v) is 13.0. The molecule has 40 heavy (non-hydrogen) atoms. The topological polar surface area (TPSA) is 169 Å². The number of benzene rings is 2. The number of carbonyl (C=O) groups is 2. The standard InChI is InChI=1S/C28H31N7O5/c1-40-22-7-3-2-6-20(22)27(38)30-13-17-8-10-18(11-9-17)24-23-25(29)31-16-32-26(23)35(33-24)19-5-4-12-34(14-19)28(39)21(37)15-36/h2-3,6-11,16,19,21,36-37H,4-5,12-15H2,1H3,(H,30,38)(H2,29,31,32). The predicted molar refractivity (Wildman–Crippen MR) is 147 cm³/mol. The maximum Gasteiger partial charge on any atom is 0.255 e. The molecule has 5 rings (SSSR count). The minimum Gasteiger partial charge on any atom is -0.496 e. The van der Waals surface area contributed by atoms with Gasteiger partial charge in [-0.2, -0.15) is 5.10 Å². The first-order valence-electron chi connectivity index (χ1n) is 13.0. The van der Waals surface area contributed by atoms with Gasteiger partial charge in [0, 0.05) is 25.2 Å². The van der Waals surface area contributed by atoms with E-state index in [1.54, 1.807) is 27.8 Å². The number of amides is 2. The van der Waals surface area contributed by atoms with Crippen LogP contribution in [0.15, 0.2) is 54.9 Å². The van der Waals surface area contributed by atoms with Gasteiger partial charge in [0.2, 0.25) is 0 Å². The van der Waals surface area contributed by atoms with Crippen molar-refractivity contribution in [1.29, 1.82) is 0 Å². The van der Waals surface area contributed by atoms with Crippen LogP contribution in [-0.4, -0.2) is 79.6 Å². The Kier molecular flexibility index (Phi) is 7.89. The summed E-state index contributed by atoms with van der Waals surface area (Å²) in [6.07, 6.45) is 1.40. The summed E-state index contributed by atoms with van der Waals surface area (Å²) < 4.78 is 7.05. The molecule has 2 aromatic heterocycles. The predicted octanol–water partition coefficient (Wildman–Crippen LogP) is 1.53. The lowest BCUT2D eigenvalue weighted by Gasteiger charge is -2.33. The molecule has 208 valence electrons. The van der Waals surface area contributed by atoms with Crippen molar-refractivity contribution in [3.05, 3.63) is 66.0 Å². The summed E-state index contributed by atoms with van der Waals surface area (Å²) in [6.45, 7) is 0.507. The van der Waals surface area contributed by atoms with Crippen molar-refractivity contribution in [2.75, 3.05) is 32.5 Å². The number of nitrogens with two attached hydrogens (primary N) is 1. The first kappa shape index (κ1) is 27.0. The minimum atomic E-state index is -1.44. The molecule has 1 fully saturated rings. The van der Waals surface area contributed by atoms with Gasteiger partial charge in [0.05, 0.1) is 30.7 Å². The number of aromatic nitrogens is 4. The number of aliphatic hydroxyl groups excluding tert-OH is 2. The molecule has 5 N–H and O–H groups in total. The Morgan fingerprint density at radius 1 is 1.18 bits per heavy atom. The fraction of sp³-hybridized carbons (Fsp3) is 0.321. The molecule has 2 amide bonds. The van der Waals surface area contributed by atoms with E-state index in [0.717, 1.165) is 17.5 Å². The average Bonchev–Trinajstić information content (AvgIpc) is 3.40. The molecule has 12 heteroatoms. The van der Waals surface area contributed by atoms with Crippen LogP contribution in [0.25, 0.3) is 22.3 Å². The summed E-state index contributed by atoms with van der Waals surface area (Å²) in [5.41, 5.74) is 9.58. The van der Waals surface area contributed by atoms with Crippen molar-refractivity contribution in [1.82, 2.24) is 30.0 Å². The molecule has 12 nitrogen and oxygen atoms in total. The van der Waals surface area contributed by atoms with Crippen molar-refractivity contribution in [3.8, 4) is 17.0 Å². The van der Waals surface area contributed by atoms with Gasteiger partial charge in [0.15, 0.2) is 11.8 Å². The number of anilines is 1. The van der Waals surface area contributed by atoms with Gasteiger partial charge in [-0.05, 0) is 30.5 Å². The smallest absolute Gasteiger partial charge is 0.255 e. The Balaban J connectivity index is 1.38. The highest BCUT2D eigenvalue weighted by molar-refractivity contribution is 5.98. The van der Waals surface area contributed by atoms with Gasteiger partial charge in [-0.1, -0.05) is 36.4 Å². The molecule has 0 spiro atoms. The lowest BCUT2D eigenvalue weighted by molar-refractivity contribution is -0.143. The van der Waals surface area contributed by atoms with Crippen LogP contribution < -0.4 is 15.8 Å². The van der Waals surface area contributed by atoms with E-state index in [1.807, 2.05) is 30.3 Å². The Morgan fingerprint density at radius 2 is 1.95 bits per heavy atom. The summed E-state index contributed by atoms with van der Waals surface area (Å²) in [5, 5.41) is 27.4. The van der Waals surface area contributed by atoms with Crippen molar-refractivity contribution in [3.63, 3.8) is 0 Å². The zero-order chi connectivity index (χ0) is 28.2. The summed E-state index contributed by atoms with van der Waals surface area (Å²) >= 11 is 0. The van der Waals surface area contributed by atoms with Gasteiger partial charge in [0.25, 0.3) is 11.8 Å². The number of carbonyl (C=O) groups excluding carboxylic acids is 2. The van der Waals surface area contributed by atoms with Gasteiger partial charge in [0.1, 0.15) is 23.6 Å². The number of para-hydroxylation sites is 1. The Hall–Kier alpha value is -4.55. The number of nitrogen functional groups attached to an aromatic ring is 1. The van der Waals surface area contributed by atoms with Gasteiger partial charge in [-0.25, -0.2) is 14.6 Å². The van der Waals surface area contributed by atoms with Crippen LogP contribution in [0.4, 0.5) is 5.82 Å². The number of nitrogens with zero attached hydrogens (tertiary/aromatic N) is 5. The van der Waals surface area contributed by atoms with E-state index in [9.17, 15) is 19.8 Å². The number of likely N-dealkylation sites (tertiary alicyclic amines) is 1. The van der Waals surface area contributed by atoms with E-state index >= 15 is 0 Å². The third kappa shape index (κ3) is 5.31. The zero-order valence-corrected chi connectivity index (χ0v) is 22.0. The lowest BCUT2D eigenvalue weighted by Crippen LogP contribution is -2.46. The number of methoxy groups -OCH3 is 1. The number of piperidine rings is 1. The van der Waals surface area contributed by atoms with Crippen molar-refractivity contribution >= 4 is 28.7 Å². The summed E-state index contributed by atoms with van der Waals surface area (Å²) in [4.78, 5) is 35.3. The van der Waals surface area contributed by atoms with Gasteiger partial charge < -0.3 is 30.9 Å². The Bertz CT molecular complexity index is 1520. The first-order chi connectivity index (χ1) is 19.4. The summed E-state index contributed by atoms with van der Waals surface area (Å²) in [7, 11) is 1.53. The van der Waals surface area contributed by atoms with E-state index < -0.39 is 18.6 Å². The maximum atomic E-state index is 12.7. The second-order valence-electron chi connectivity index (χ2n) is 9.61. The Labute approximate surface area is 230 Å². The second kappa shape index (κ2) is 11.7. The van der Waals surface area contributed by atoms with E-state index in [4.69, 9.17) is 15.6 Å². The monoisotopic (exact) mass is 545 g/mol. The normalized spacial score (nSPS) is 16.1. The molecule has 2 aromatic carbocycles. The third-order valence-corrected chi connectivity index (χ3v) is 7.06. The highest BCUT2D eigenvalue weighted by atomic mass is 16.5. The van der Waals surface area contributed by atoms with Gasteiger partial charge >= 0.3 is 0 Å². The largest absolute Gasteiger partial charge is 0.496 e. The molecular formula is C28H31N7O5. The van der Waals surface area contributed by atoms with Crippen LogP contribution in [0.3, 0.4) is 0 Å². The summed E-state index contributed by atoms with van der Waals surface area (Å²) in [5.74, 6) is 0.0561. The molecular weight excluding hydrogens is 514 g/mol. The van der Waals surface area contributed by atoms with Gasteiger partial charge in [-0.15, -0.1) is 0 Å². The van der Waals surface area contributed by atoms with Crippen LogP contribution in [-0.2, 0) is 11.3 Å². The quantitative estimate of drug-likeness (QED) is 0.256. The molecule has 1 aliphatic heterocycles. The summed E-state index contributed by atoms with van der Waals surface area (Å²) in [6, 6.07) is 14.5. The Morgan fingerprint density at radius 3 is 2.70 bits per heavy atom. The van der Waals surface area contributed by atoms with Crippen LogP contribution in [0, 0.1) is 0 Å². The molecule has 0 saturated carbocycles. The van der Waals surface area contributed by atoms with Crippen LogP contribution >= 0.6 is 0 Å². The molecule has 0 radical (unpaired) electrons. The number of ether oxygens (including phenoxy) is 1. The fourth-order valence-corrected chi connectivity index (χ4v) is 4.99. The van der Waals surface area contributed by atoms with E-state index in [0.29, 0.717) is 59.9 Å². The number of hydrogen-bond acceptors (Lipinski definition) is 9. The van der Waals surface area contributed by atoms with Crippen LogP contribution in [0.2, 0.25) is 0 Å². The van der Waals surface area contributed by atoms with Crippen molar-refractivity contribution < 1.29 is 24.5 Å². The fourth-order valence-electron chi connectivity index (χ4n) is 4.99. The number of fused-ring (bicyclic) bond motifs is 1. The van der Waals surface area contributed by atoms with E-state index in [1.165, 1.54) is 13.4 Å². The second-order valence-corrected chi connectivity index (χ2v) is 9.61.